The minimum absolute atomic E-state index is 0.0405. The molecule has 0 aromatic heterocycles. The Morgan fingerprint density at radius 3 is 1.63 bits per heavy atom. The number of alkyl halides is 17. The molecule has 2 aromatic rings. The monoisotopic (exact) mass is 923 g/mol. The van der Waals surface area contributed by atoms with E-state index >= 15 is 0 Å². The van der Waals surface area contributed by atoms with Crippen LogP contribution >= 0.6 is 0 Å². The van der Waals surface area contributed by atoms with Gasteiger partial charge in [0.25, 0.3) is 0 Å². The fourth-order valence-electron chi connectivity index (χ4n) is 5.79. The molecular weight excluding hydrogens is 887 g/mol. The zero-order valence-corrected chi connectivity index (χ0v) is 32.4. The second-order valence-corrected chi connectivity index (χ2v) is 18.9. The average molecular weight is 924 g/mol. The molecule has 342 valence electrons. The second-order valence-electron chi connectivity index (χ2n) is 13.8. The van der Waals surface area contributed by atoms with Gasteiger partial charge in [-0.1, -0.05) is 45.9 Å². The normalized spacial score (nSPS) is 14.7. The third kappa shape index (κ3) is 9.90. The van der Waals surface area contributed by atoms with Crippen molar-refractivity contribution < 1.29 is 102 Å². The summed E-state index contributed by atoms with van der Waals surface area (Å²) in [4.78, 5) is 12.4. The molecule has 0 saturated carbocycles. The standard InChI is InChI=1S/C35H36F19NO4Si/c1-6-7-26(59-27(56)55-25-13-10-22(36)18-24(25)37)21-8-11-23(12-9-21)57-15-16-58-60(19(2)3,20(4)5)17-14-28(38,39)29(40,41)30(42,43)31(44,45)32(46,47)33(48,49)34(50,51)35(52,53)54/h6,8-13,18-20,26H,1,7,14-17H2,2-5H3,(H,55,56)/t26-/m1/s1. The van der Waals surface area contributed by atoms with Gasteiger partial charge in [0.1, 0.15) is 30.1 Å². The van der Waals surface area contributed by atoms with Gasteiger partial charge in [0.05, 0.1) is 12.3 Å². The topological polar surface area (TPSA) is 56.8 Å². The highest BCUT2D eigenvalue weighted by Gasteiger charge is 2.95. The van der Waals surface area contributed by atoms with Crippen LogP contribution in [0.1, 0.15) is 52.2 Å². The summed E-state index contributed by atoms with van der Waals surface area (Å²) in [7, 11) is -4.00. The summed E-state index contributed by atoms with van der Waals surface area (Å²) in [5, 5.41) is 2.10. The molecule has 60 heavy (non-hydrogen) atoms. The maximum Gasteiger partial charge on any atom is 0.460 e. The van der Waals surface area contributed by atoms with E-state index in [1.165, 1.54) is 58.0 Å². The van der Waals surface area contributed by atoms with Crippen LogP contribution in [0.3, 0.4) is 0 Å². The second kappa shape index (κ2) is 18.2. The quantitative estimate of drug-likeness (QED) is 0.0587. The number of benzene rings is 2. The molecule has 5 nitrogen and oxygen atoms in total. The number of hydrogen-bond donors (Lipinski definition) is 1. The van der Waals surface area contributed by atoms with Crippen molar-refractivity contribution in [3.63, 3.8) is 0 Å². The van der Waals surface area contributed by atoms with E-state index in [9.17, 15) is 88.2 Å². The van der Waals surface area contributed by atoms with Gasteiger partial charge >= 0.3 is 53.7 Å². The van der Waals surface area contributed by atoms with Crippen LogP contribution in [0.2, 0.25) is 17.1 Å². The van der Waals surface area contributed by atoms with Crippen LogP contribution < -0.4 is 10.1 Å². The smallest absolute Gasteiger partial charge is 0.460 e. The zero-order valence-electron chi connectivity index (χ0n) is 31.4. The van der Waals surface area contributed by atoms with Crippen LogP contribution in [0.5, 0.6) is 5.75 Å². The fraction of sp³-hybridized carbons (Fsp3) is 0.571. The summed E-state index contributed by atoms with van der Waals surface area (Å²) in [6.45, 7) is 7.76. The van der Waals surface area contributed by atoms with E-state index < -0.39 is 117 Å². The summed E-state index contributed by atoms with van der Waals surface area (Å²) in [5.74, 6) is -58.8. The lowest BCUT2D eigenvalue weighted by atomic mass is 9.88. The summed E-state index contributed by atoms with van der Waals surface area (Å²) in [6, 6.07) is 6.48. The van der Waals surface area contributed by atoms with Gasteiger partial charge in [-0.25, -0.2) is 13.6 Å². The van der Waals surface area contributed by atoms with Crippen LogP contribution in [-0.4, -0.2) is 75.3 Å². The van der Waals surface area contributed by atoms with E-state index in [0.29, 0.717) is 11.6 Å². The molecule has 0 radical (unpaired) electrons. The number of halogens is 19. The molecule has 0 saturated heterocycles. The van der Waals surface area contributed by atoms with Crippen molar-refractivity contribution in [2.75, 3.05) is 18.5 Å². The predicted molar refractivity (Wildman–Crippen MR) is 178 cm³/mol. The van der Waals surface area contributed by atoms with E-state index in [4.69, 9.17) is 13.9 Å². The molecule has 25 heteroatoms. The maximum absolute atomic E-state index is 14.9. The first kappa shape index (κ1) is 52.2. The molecule has 0 heterocycles. The Morgan fingerprint density at radius 2 is 1.18 bits per heavy atom. The van der Waals surface area contributed by atoms with Crippen LogP contribution in [-0.2, 0) is 9.16 Å². The Labute approximate surface area is 330 Å². The van der Waals surface area contributed by atoms with Gasteiger partial charge in [-0.15, -0.1) is 6.58 Å². The third-order valence-corrected chi connectivity index (χ3v) is 15.0. The Morgan fingerprint density at radius 1 is 0.700 bits per heavy atom. The summed E-state index contributed by atoms with van der Waals surface area (Å²) >= 11 is 0. The molecule has 1 N–H and O–H groups in total. The van der Waals surface area contributed by atoms with E-state index in [1.807, 2.05) is 0 Å². The highest BCUT2D eigenvalue weighted by Crippen LogP contribution is 2.64. The largest absolute Gasteiger partial charge is 0.491 e. The highest BCUT2D eigenvalue weighted by molar-refractivity contribution is 6.76. The van der Waals surface area contributed by atoms with Crippen LogP contribution in [0.25, 0.3) is 0 Å². The molecule has 0 spiro atoms. The number of anilines is 1. The molecule has 1 atom stereocenters. The van der Waals surface area contributed by atoms with E-state index in [1.54, 1.807) is 0 Å². The molecule has 2 aromatic carbocycles. The van der Waals surface area contributed by atoms with Crippen molar-refractivity contribution in [2.45, 2.75) is 111 Å². The van der Waals surface area contributed by atoms with Crippen molar-refractivity contribution in [1.82, 2.24) is 0 Å². The molecule has 0 unspecified atom stereocenters. The minimum atomic E-state index is -8.70. The Bertz CT molecular complexity index is 1760. The van der Waals surface area contributed by atoms with Crippen molar-refractivity contribution in [2.24, 2.45) is 0 Å². The molecule has 0 aliphatic rings. The van der Waals surface area contributed by atoms with Crippen molar-refractivity contribution in [1.29, 1.82) is 0 Å². The number of ether oxygens (including phenoxy) is 2. The predicted octanol–water partition coefficient (Wildman–Crippen LogP) is 13.4. The lowest BCUT2D eigenvalue weighted by Gasteiger charge is -2.44. The van der Waals surface area contributed by atoms with Gasteiger partial charge in [0.2, 0.25) is 0 Å². The molecule has 0 aliphatic heterocycles. The van der Waals surface area contributed by atoms with Crippen LogP contribution in [0.15, 0.2) is 55.1 Å². The molecule has 0 bridgehead atoms. The molecule has 1 amide bonds. The Hall–Kier alpha value is -3.90. The highest BCUT2D eigenvalue weighted by atomic mass is 28.4. The Balaban J connectivity index is 2.22. The van der Waals surface area contributed by atoms with Gasteiger partial charge < -0.3 is 13.9 Å². The molecule has 2 rings (SSSR count). The third-order valence-electron chi connectivity index (χ3n) is 9.34. The number of rotatable bonds is 21. The van der Waals surface area contributed by atoms with E-state index in [0.717, 1.165) is 12.1 Å². The van der Waals surface area contributed by atoms with Gasteiger partial charge in [0.15, 0.2) is 8.32 Å². The van der Waals surface area contributed by atoms with Gasteiger partial charge in [-0.2, -0.15) is 74.6 Å². The van der Waals surface area contributed by atoms with Gasteiger partial charge in [-0.3, -0.25) is 5.32 Å². The number of hydrogen-bond acceptors (Lipinski definition) is 4. The summed E-state index contributed by atoms with van der Waals surface area (Å²) in [5.41, 5.74) is -1.83. The number of carbonyl (C=O) groups excluding carboxylic acids is 1. The van der Waals surface area contributed by atoms with E-state index in [2.05, 4.69) is 11.9 Å². The molecule has 0 fully saturated rings. The number of amides is 1. The first-order chi connectivity index (χ1) is 27.0. The maximum atomic E-state index is 14.9. The van der Waals surface area contributed by atoms with Gasteiger partial charge in [0, 0.05) is 18.9 Å². The van der Waals surface area contributed by atoms with Gasteiger partial charge in [-0.05, 0) is 47.0 Å². The number of nitrogens with one attached hydrogen (secondary N) is 1. The number of carbonyl (C=O) groups is 1. The molecular formula is C35H36F19NO4Si. The van der Waals surface area contributed by atoms with Crippen molar-refractivity contribution in [3.05, 3.63) is 72.3 Å². The first-order valence-electron chi connectivity index (χ1n) is 17.1. The fourth-order valence-corrected chi connectivity index (χ4v) is 10.3. The molecule has 0 aliphatic carbocycles. The van der Waals surface area contributed by atoms with Crippen LogP contribution in [0, 0.1) is 11.6 Å². The van der Waals surface area contributed by atoms with Crippen molar-refractivity contribution in [3.8, 4) is 5.75 Å². The summed E-state index contributed by atoms with van der Waals surface area (Å²) < 4.78 is 278. The van der Waals surface area contributed by atoms with Crippen LogP contribution in [0.4, 0.5) is 93.9 Å². The lowest BCUT2D eigenvalue weighted by molar-refractivity contribution is -0.461. The zero-order chi connectivity index (χ0) is 46.7. The minimum Gasteiger partial charge on any atom is -0.491 e. The SMILES string of the molecule is C=CC[C@@H](OC(=O)Nc1ccc(F)cc1F)c1ccc(OCCO[Si](CCC(F)(F)C(F)(F)C(F)(F)C(F)(F)C(F)(F)C(F)(F)C(F)(F)C(F)(F)F)(C(C)C)C(C)C)cc1. The average Bonchev–Trinajstić information content (AvgIpc) is 3.11. The lowest BCUT2D eigenvalue weighted by Crippen LogP contribution is -2.74. The van der Waals surface area contributed by atoms with Crippen molar-refractivity contribution >= 4 is 20.1 Å². The van der Waals surface area contributed by atoms with E-state index in [-0.39, 0.29) is 17.9 Å². The first-order valence-corrected chi connectivity index (χ1v) is 19.4. The summed E-state index contributed by atoms with van der Waals surface area (Å²) in [6.07, 6.45) is -11.1. The Kier molecular flexibility index (Phi) is 15.9.